The first-order valence-electron chi connectivity index (χ1n) is 3.72. The summed E-state index contributed by atoms with van der Waals surface area (Å²) in [5, 5.41) is 16.9. The van der Waals surface area contributed by atoms with Crippen LogP contribution in [0.25, 0.3) is 0 Å². The summed E-state index contributed by atoms with van der Waals surface area (Å²) in [6, 6.07) is 3.58. The van der Waals surface area contributed by atoms with Gasteiger partial charge in [-0.3, -0.25) is 0 Å². The maximum atomic E-state index is 8.44. The number of hydrogen-bond donors (Lipinski definition) is 0. The molecule has 0 aromatic carbocycles. The molecule has 0 spiro atoms. The topological polar surface area (TPSA) is 47.6 Å². The van der Waals surface area contributed by atoms with Gasteiger partial charge in [0.15, 0.2) is 0 Å². The quantitative estimate of drug-likeness (QED) is 0.483. The Labute approximate surface area is 78.4 Å². The second kappa shape index (κ2) is 6.64. The molecule has 0 aromatic heterocycles. The molecule has 0 saturated carbocycles. The van der Waals surface area contributed by atoms with Crippen LogP contribution in [0, 0.1) is 22.7 Å². The second-order valence-electron chi connectivity index (χ2n) is 2.31. The molecular weight excluding hydrogens is 160 g/mol. The highest BCUT2D eigenvalue weighted by molar-refractivity contribution is 5.41. The first kappa shape index (κ1) is 10.9. The van der Waals surface area contributed by atoms with Gasteiger partial charge in [-0.2, -0.15) is 10.5 Å². The van der Waals surface area contributed by atoms with Crippen molar-refractivity contribution in [3.63, 3.8) is 0 Å². The lowest BCUT2D eigenvalue weighted by Gasteiger charge is -1.86. The van der Waals surface area contributed by atoms with Crippen molar-refractivity contribution < 1.29 is 0 Å². The molecule has 0 heterocycles. The van der Waals surface area contributed by atoms with E-state index in [-0.39, 0.29) is 5.57 Å². The molecule has 0 fully saturated rings. The molecule has 0 saturated heterocycles. The van der Waals surface area contributed by atoms with Gasteiger partial charge in [0.25, 0.3) is 0 Å². The third-order valence-corrected chi connectivity index (χ3v) is 1.22. The molecule has 0 N–H and O–H groups in total. The van der Waals surface area contributed by atoms with E-state index in [9.17, 15) is 0 Å². The Bertz CT molecular complexity index is 327. The van der Waals surface area contributed by atoms with E-state index < -0.39 is 0 Å². The average Bonchev–Trinajstić information content (AvgIpc) is 2.14. The van der Waals surface area contributed by atoms with Crippen molar-refractivity contribution in [3.05, 3.63) is 48.1 Å². The van der Waals surface area contributed by atoms with Gasteiger partial charge in [-0.25, -0.2) is 0 Å². The van der Waals surface area contributed by atoms with Gasteiger partial charge in [0.2, 0.25) is 0 Å². The Kier molecular flexibility index (Phi) is 5.59. The van der Waals surface area contributed by atoms with Gasteiger partial charge in [0.1, 0.15) is 17.7 Å². The minimum absolute atomic E-state index is 0.112. The van der Waals surface area contributed by atoms with Crippen LogP contribution in [0.1, 0.15) is 6.92 Å². The minimum Gasteiger partial charge on any atom is -0.192 e. The van der Waals surface area contributed by atoms with Crippen molar-refractivity contribution >= 4 is 0 Å². The predicted molar refractivity (Wildman–Crippen MR) is 52.4 cm³/mol. The van der Waals surface area contributed by atoms with Gasteiger partial charge in [0.05, 0.1) is 0 Å². The van der Waals surface area contributed by atoms with Crippen molar-refractivity contribution in [2.75, 3.05) is 0 Å². The van der Waals surface area contributed by atoms with Gasteiger partial charge in [-0.15, -0.1) is 0 Å². The van der Waals surface area contributed by atoms with E-state index >= 15 is 0 Å². The lowest BCUT2D eigenvalue weighted by Crippen LogP contribution is -1.73. The fourth-order valence-electron chi connectivity index (χ4n) is 0.651. The lowest BCUT2D eigenvalue weighted by molar-refractivity contribution is 1.43. The molecule has 0 aliphatic rings. The Morgan fingerprint density at radius 2 is 1.85 bits per heavy atom. The highest BCUT2D eigenvalue weighted by atomic mass is 14.3. The monoisotopic (exact) mass is 170 g/mol. The number of rotatable bonds is 3. The fourth-order valence-corrected chi connectivity index (χ4v) is 0.651. The first-order chi connectivity index (χ1) is 6.24. The Morgan fingerprint density at radius 3 is 2.31 bits per heavy atom. The summed E-state index contributed by atoms with van der Waals surface area (Å²) in [7, 11) is 0. The van der Waals surface area contributed by atoms with Gasteiger partial charge >= 0.3 is 0 Å². The van der Waals surface area contributed by atoms with Crippen LogP contribution in [0.5, 0.6) is 0 Å². The van der Waals surface area contributed by atoms with Crippen LogP contribution < -0.4 is 0 Å². The molecule has 0 aromatic rings. The van der Waals surface area contributed by atoms with E-state index in [1.165, 1.54) is 6.08 Å². The van der Waals surface area contributed by atoms with Crippen LogP contribution in [0.3, 0.4) is 0 Å². The summed E-state index contributed by atoms with van der Waals surface area (Å²) in [6.45, 7) is 5.34. The van der Waals surface area contributed by atoms with Gasteiger partial charge in [-0.05, 0) is 18.6 Å². The summed E-state index contributed by atoms with van der Waals surface area (Å²) in [5.41, 5.74) is 0.969. The molecule has 0 aliphatic carbocycles. The molecule has 2 heteroatoms. The van der Waals surface area contributed by atoms with Crippen LogP contribution in [0.15, 0.2) is 48.1 Å². The molecule has 0 unspecified atom stereocenters. The maximum Gasteiger partial charge on any atom is 0.129 e. The van der Waals surface area contributed by atoms with Crippen molar-refractivity contribution in [3.8, 4) is 12.1 Å². The van der Waals surface area contributed by atoms with Crippen LogP contribution in [-0.2, 0) is 0 Å². The second-order valence-corrected chi connectivity index (χ2v) is 2.31. The summed E-state index contributed by atoms with van der Waals surface area (Å²) < 4.78 is 0. The normalized spacial score (nSPS) is 10.2. The largest absolute Gasteiger partial charge is 0.192 e. The van der Waals surface area contributed by atoms with Gasteiger partial charge in [0, 0.05) is 0 Å². The van der Waals surface area contributed by atoms with Crippen molar-refractivity contribution in [2.24, 2.45) is 0 Å². The van der Waals surface area contributed by atoms with Crippen molar-refractivity contribution in [1.82, 2.24) is 0 Å². The van der Waals surface area contributed by atoms with Crippen molar-refractivity contribution in [1.29, 1.82) is 10.5 Å². The molecule has 2 nitrogen and oxygen atoms in total. The van der Waals surface area contributed by atoms with E-state index in [0.29, 0.717) is 0 Å². The SMILES string of the molecule is C=C/C=C\C=C(/C)C=C(C#N)C#N. The zero-order chi connectivity index (χ0) is 10.1. The molecule has 64 valence electrons. The third kappa shape index (κ3) is 5.24. The zero-order valence-electron chi connectivity index (χ0n) is 7.49. The number of nitrogens with zero attached hydrogens (tertiary/aromatic N) is 2. The van der Waals surface area contributed by atoms with Gasteiger partial charge in [-0.1, -0.05) is 30.9 Å². The average molecular weight is 170 g/mol. The van der Waals surface area contributed by atoms with E-state index in [4.69, 9.17) is 10.5 Å². The Morgan fingerprint density at radius 1 is 1.23 bits per heavy atom. The molecule has 0 amide bonds. The predicted octanol–water partition coefficient (Wildman–Crippen LogP) is 2.65. The number of allylic oxidation sites excluding steroid dienone is 7. The molecular formula is C11H10N2. The van der Waals surface area contributed by atoms with Crippen molar-refractivity contribution in [2.45, 2.75) is 6.92 Å². The minimum atomic E-state index is 0.112. The number of nitriles is 2. The smallest absolute Gasteiger partial charge is 0.129 e. The van der Waals surface area contributed by atoms with Crippen LogP contribution in [-0.4, -0.2) is 0 Å². The molecule has 13 heavy (non-hydrogen) atoms. The molecule has 0 aliphatic heterocycles. The highest BCUT2D eigenvalue weighted by Gasteiger charge is 1.89. The molecule has 0 atom stereocenters. The third-order valence-electron chi connectivity index (χ3n) is 1.22. The van der Waals surface area contributed by atoms with Crippen LogP contribution in [0.2, 0.25) is 0 Å². The zero-order valence-corrected chi connectivity index (χ0v) is 7.49. The Hall–Kier alpha value is -2.06. The molecule has 0 rings (SSSR count). The van der Waals surface area contributed by atoms with E-state index in [0.717, 1.165) is 5.57 Å². The summed E-state index contributed by atoms with van der Waals surface area (Å²) in [4.78, 5) is 0. The molecule has 0 bridgehead atoms. The van der Waals surface area contributed by atoms with E-state index in [1.54, 1.807) is 36.4 Å². The molecule has 0 radical (unpaired) electrons. The summed E-state index contributed by atoms with van der Waals surface area (Å²) in [6.07, 6.45) is 8.56. The lowest BCUT2D eigenvalue weighted by atomic mass is 10.2. The summed E-state index contributed by atoms with van der Waals surface area (Å²) >= 11 is 0. The van der Waals surface area contributed by atoms with Gasteiger partial charge < -0.3 is 0 Å². The fraction of sp³-hybridized carbons (Fsp3) is 0.0909. The maximum absolute atomic E-state index is 8.44. The number of hydrogen-bond acceptors (Lipinski definition) is 2. The van der Waals surface area contributed by atoms with E-state index in [2.05, 4.69) is 6.58 Å². The standard InChI is InChI=1S/C11H10N2/c1-3-4-5-6-10(2)7-11(8-12)9-13/h3-7H,1H2,2H3/b5-4-,10-6+. The summed E-state index contributed by atoms with van der Waals surface area (Å²) in [5.74, 6) is 0. The Balaban J connectivity index is 4.56. The van der Waals surface area contributed by atoms with Crippen LogP contribution in [0.4, 0.5) is 0 Å². The highest BCUT2D eigenvalue weighted by Crippen LogP contribution is 2.00. The van der Waals surface area contributed by atoms with Crippen LogP contribution >= 0.6 is 0 Å². The van der Waals surface area contributed by atoms with E-state index in [1.807, 2.05) is 6.92 Å². The first-order valence-corrected chi connectivity index (χ1v) is 3.72.